The molecular weight excluding hydrogens is 387 g/mol. The van der Waals surface area contributed by atoms with Gasteiger partial charge in [-0.05, 0) is 30.7 Å². The van der Waals surface area contributed by atoms with E-state index >= 15 is 0 Å². The van der Waals surface area contributed by atoms with Crippen LogP contribution in [-0.2, 0) is 16.1 Å². The fourth-order valence-electron chi connectivity index (χ4n) is 3.22. The van der Waals surface area contributed by atoms with E-state index in [1.165, 1.54) is 6.07 Å². The van der Waals surface area contributed by atoms with Crippen molar-refractivity contribution in [1.29, 1.82) is 0 Å². The summed E-state index contributed by atoms with van der Waals surface area (Å²) in [5, 5.41) is 9.78. The smallest absolute Gasteiger partial charge is 0.426 e. The SMILES string of the molecule is Cc1ccc([N+](=O)[O-])c(C)c1COC(=O)C1C(/C=C(\Cl)C(F)(F)F)C1(C)C. The number of aryl methyl sites for hydroxylation is 1. The maximum Gasteiger partial charge on any atom is 0.426 e. The van der Waals surface area contributed by atoms with Crippen LogP contribution >= 0.6 is 11.6 Å². The molecule has 9 heteroatoms. The van der Waals surface area contributed by atoms with Gasteiger partial charge in [-0.2, -0.15) is 13.2 Å². The zero-order valence-electron chi connectivity index (χ0n) is 15.2. The van der Waals surface area contributed by atoms with Crippen LogP contribution in [0.5, 0.6) is 0 Å². The largest absolute Gasteiger partial charge is 0.461 e. The number of hydrogen-bond acceptors (Lipinski definition) is 4. The summed E-state index contributed by atoms with van der Waals surface area (Å²) in [6.45, 7) is 6.42. The van der Waals surface area contributed by atoms with Gasteiger partial charge in [0.15, 0.2) is 0 Å². The van der Waals surface area contributed by atoms with E-state index in [2.05, 4.69) is 0 Å². The molecule has 0 radical (unpaired) electrons. The maximum absolute atomic E-state index is 12.6. The van der Waals surface area contributed by atoms with Crippen LogP contribution in [0.3, 0.4) is 0 Å². The zero-order valence-corrected chi connectivity index (χ0v) is 15.9. The Balaban J connectivity index is 2.14. The lowest BCUT2D eigenvalue weighted by molar-refractivity contribution is -0.385. The number of allylic oxidation sites excluding steroid dienone is 2. The molecule has 2 unspecified atom stereocenters. The predicted molar refractivity (Wildman–Crippen MR) is 93.1 cm³/mol. The number of carbonyl (C=O) groups excluding carboxylic acids is 1. The number of carbonyl (C=O) groups is 1. The van der Waals surface area contributed by atoms with E-state index < -0.39 is 39.4 Å². The molecule has 0 bridgehead atoms. The highest BCUT2D eigenvalue weighted by atomic mass is 35.5. The van der Waals surface area contributed by atoms with Gasteiger partial charge in [-0.25, -0.2) is 0 Å². The van der Waals surface area contributed by atoms with Gasteiger partial charge in [0.2, 0.25) is 0 Å². The number of halogens is 4. The third kappa shape index (κ3) is 4.26. The van der Waals surface area contributed by atoms with Crippen LogP contribution in [0.25, 0.3) is 0 Å². The summed E-state index contributed by atoms with van der Waals surface area (Å²) in [5.74, 6) is -2.10. The van der Waals surface area contributed by atoms with Gasteiger partial charge < -0.3 is 4.74 Å². The van der Waals surface area contributed by atoms with Gasteiger partial charge >= 0.3 is 12.1 Å². The molecule has 5 nitrogen and oxygen atoms in total. The lowest BCUT2D eigenvalue weighted by Gasteiger charge is -2.11. The molecule has 1 aliphatic rings. The van der Waals surface area contributed by atoms with Crippen LogP contribution in [-0.4, -0.2) is 17.1 Å². The lowest BCUT2D eigenvalue weighted by atomic mass is 10.0. The van der Waals surface area contributed by atoms with Crippen molar-refractivity contribution < 1.29 is 27.6 Å². The number of rotatable bonds is 5. The second-order valence-corrected chi connectivity index (χ2v) is 7.61. The van der Waals surface area contributed by atoms with Crippen LogP contribution in [0.1, 0.15) is 30.5 Å². The van der Waals surface area contributed by atoms with Gasteiger partial charge in [0, 0.05) is 17.2 Å². The molecule has 0 N–H and O–H groups in total. The van der Waals surface area contributed by atoms with Crippen molar-refractivity contribution in [1.82, 2.24) is 0 Å². The second-order valence-electron chi connectivity index (χ2n) is 7.21. The van der Waals surface area contributed by atoms with Crippen molar-refractivity contribution >= 4 is 23.3 Å². The number of nitrogens with zero attached hydrogens (tertiary/aromatic N) is 1. The average molecular weight is 406 g/mol. The molecule has 0 amide bonds. The molecular formula is C18H19ClF3NO4. The third-order valence-electron chi connectivity index (χ3n) is 5.12. The Bertz CT molecular complexity index is 818. The second kappa shape index (κ2) is 7.14. The number of alkyl halides is 3. The van der Waals surface area contributed by atoms with Gasteiger partial charge in [0.1, 0.15) is 11.6 Å². The predicted octanol–water partition coefficient (Wildman–Crippen LogP) is 5.21. The van der Waals surface area contributed by atoms with E-state index in [1.807, 2.05) is 0 Å². The Hall–Kier alpha value is -2.09. The zero-order chi connectivity index (χ0) is 20.7. The highest BCUT2D eigenvalue weighted by Crippen LogP contribution is 2.60. The van der Waals surface area contributed by atoms with Gasteiger partial charge in [-0.1, -0.05) is 37.6 Å². The van der Waals surface area contributed by atoms with E-state index in [0.717, 1.165) is 11.6 Å². The van der Waals surface area contributed by atoms with E-state index in [1.54, 1.807) is 33.8 Å². The molecule has 2 atom stereocenters. The van der Waals surface area contributed by atoms with Crippen LogP contribution in [0.2, 0.25) is 0 Å². The summed E-state index contributed by atoms with van der Waals surface area (Å²) in [7, 11) is 0. The molecule has 0 spiro atoms. The molecule has 27 heavy (non-hydrogen) atoms. The van der Waals surface area contributed by atoms with Crippen molar-refractivity contribution in [2.24, 2.45) is 17.3 Å². The molecule has 0 aromatic heterocycles. The summed E-state index contributed by atoms with van der Waals surface area (Å²) in [4.78, 5) is 22.9. The van der Waals surface area contributed by atoms with Gasteiger partial charge in [-0.3, -0.25) is 14.9 Å². The molecule has 1 aliphatic carbocycles. The maximum atomic E-state index is 12.6. The number of hydrogen-bond donors (Lipinski definition) is 0. The molecule has 0 heterocycles. The first-order valence-corrected chi connectivity index (χ1v) is 8.51. The Morgan fingerprint density at radius 3 is 2.48 bits per heavy atom. The molecule has 1 saturated carbocycles. The number of esters is 1. The molecule has 0 saturated heterocycles. The topological polar surface area (TPSA) is 69.4 Å². The number of ether oxygens (including phenoxy) is 1. The standard InChI is InChI=1S/C18H19ClF3NO4/c1-9-5-6-13(23(25)26)10(2)11(9)8-27-16(24)15-12(17(15,3)4)7-14(19)18(20,21)22/h5-7,12,15H,8H2,1-4H3/b14-7-. The van der Waals surface area contributed by atoms with E-state index in [9.17, 15) is 28.1 Å². The highest BCUT2D eigenvalue weighted by molar-refractivity contribution is 6.30. The van der Waals surface area contributed by atoms with E-state index in [4.69, 9.17) is 16.3 Å². The Labute approximate surface area is 159 Å². The molecule has 1 aromatic rings. The normalized spacial score (nSPS) is 21.7. The third-order valence-corrected chi connectivity index (χ3v) is 5.46. The van der Waals surface area contributed by atoms with Gasteiger partial charge in [0.25, 0.3) is 5.69 Å². The van der Waals surface area contributed by atoms with Crippen molar-refractivity contribution in [2.45, 2.75) is 40.5 Å². The Kier molecular flexibility index (Phi) is 5.61. The van der Waals surface area contributed by atoms with Crippen molar-refractivity contribution in [3.8, 4) is 0 Å². The molecule has 2 rings (SSSR count). The van der Waals surface area contributed by atoms with Crippen LogP contribution in [0, 0.1) is 41.2 Å². The fourth-order valence-corrected chi connectivity index (χ4v) is 3.36. The minimum Gasteiger partial charge on any atom is -0.461 e. The molecule has 0 aliphatic heterocycles. The number of nitro benzene ring substituents is 1. The quantitative estimate of drug-likeness (QED) is 0.383. The van der Waals surface area contributed by atoms with Gasteiger partial charge in [0.05, 0.1) is 10.8 Å². The van der Waals surface area contributed by atoms with Crippen LogP contribution in [0.4, 0.5) is 18.9 Å². The molecule has 1 fully saturated rings. The average Bonchev–Trinajstić information content (AvgIpc) is 3.06. The Morgan fingerprint density at radius 1 is 1.37 bits per heavy atom. The Morgan fingerprint density at radius 2 is 1.96 bits per heavy atom. The molecule has 1 aromatic carbocycles. The molecule has 148 valence electrons. The summed E-state index contributed by atoms with van der Waals surface area (Å²) < 4.78 is 43.1. The monoisotopic (exact) mass is 405 g/mol. The van der Waals surface area contributed by atoms with Crippen LogP contribution in [0.15, 0.2) is 23.2 Å². The summed E-state index contributed by atoms with van der Waals surface area (Å²) >= 11 is 5.27. The summed E-state index contributed by atoms with van der Waals surface area (Å²) in [6, 6.07) is 2.93. The van der Waals surface area contributed by atoms with Crippen molar-refractivity contribution in [2.75, 3.05) is 0 Å². The van der Waals surface area contributed by atoms with Crippen molar-refractivity contribution in [3.05, 3.63) is 50.0 Å². The minimum atomic E-state index is -4.66. The number of benzene rings is 1. The van der Waals surface area contributed by atoms with E-state index in [0.29, 0.717) is 11.1 Å². The first-order chi connectivity index (χ1) is 12.3. The van der Waals surface area contributed by atoms with Crippen molar-refractivity contribution in [3.63, 3.8) is 0 Å². The van der Waals surface area contributed by atoms with E-state index in [-0.39, 0.29) is 12.3 Å². The fraction of sp³-hybridized carbons (Fsp3) is 0.500. The highest BCUT2D eigenvalue weighted by Gasteiger charge is 2.62. The minimum absolute atomic E-state index is 0.0869. The van der Waals surface area contributed by atoms with Crippen LogP contribution < -0.4 is 0 Å². The first-order valence-electron chi connectivity index (χ1n) is 8.13. The summed E-state index contributed by atoms with van der Waals surface area (Å²) in [6.07, 6.45) is -3.82. The lowest BCUT2D eigenvalue weighted by Crippen LogP contribution is -2.12. The summed E-state index contributed by atoms with van der Waals surface area (Å²) in [5.41, 5.74) is 0.819. The first kappa shape index (κ1) is 21.2. The number of nitro groups is 1. The van der Waals surface area contributed by atoms with Gasteiger partial charge in [-0.15, -0.1) is 0 Å².